The van der Waals surface area contributed by atoms with Gasteiger partial charge in [0, 0.05) is 49.8 Å². The second-order valence-corrected chi connectivity index (χ2v) is 12.5. The Balaban J connectivity index is 1.29. The predicted molar refractivity (Wildman–Crippen MR) is 141 cm³/mol. The molecule has 3 fully saturated rings. The third-order valence-electron chi connectivity index (χ3n) is 10.9. The number of amides is 1. The topological polar surface area (TPSA) is 42.0 Å². The average molecular weight is 497 g/mol. The van der Waals surface area contributed by atoms with E-state index in [-0.39, 0.29) is 22.8 Å². The second-order valence-electron chi connectivity index (χ2n) is 12.5. The molecule has 5 nitrogen and oxygen atoms in total. The van der Waals surface area contributed by atoms with Gasteiger partial charge in [-0.3, -0.25) is 9.69 Å². The fourth-order valence-corrected chi connectivity index (χ4v) is 9.20. The van der Waals surface area contributed by atoms with Crippen LogP contribution in [0.5, 0.6) is 5.75 Å². The SMILES string of the molecule is CO[C@]12CC[C@@]3(C=C1C(=O)N(C)Cc1ccccc1)[C@H]1Cc4cccc5c4[C@@]3(CCN1CC1CC1)[C@H]2O5. The van der Waals surface area contributed by atoms with Gasteiger partial charge < -0.3 is 14.4 Å². The van der Waals surface area contributed by atoms with Crippen molar-refractivity contribution in [3.05, 3.63) is 76.9 Å². The van der Waals surface area contributed by atoms with Gasteiger partial charge in [-0.1, -0.05) is 48.5 Å². The summed E-state index contributed by atoms with van der Waals surface area (Å²) in [5.74, 6) is 1.96. The third-order valence-corrected chi connectivity index (χ3v) is 10.9. The number of nitrogens with zero attached hydrogens (tertiary/aromatic N) is 2. The molecule has 0 aromatic heterocycles. The van der Waals surface area contributed by atoms with Crippen molar-refractivity contribution in [1.82, 2.24) is 9.80 Å². The minimum atomic E-state index is -0.722. The summed E-state index contributed by atoms with van der Waals surface area (Å²) < 4.78 is 13.4. The van der Waals surface area contributed by atoms with Crippen molar-refractivity contribution >= 4 is 5.91 Å². The van der Waals surface area contributed by atoms with E-state index in [9.17, 15) is 4.79 Å². The highest BCUT2D eigenvalue weighted by Crippen LogP contribution is 2.74. The number of ether oxygens (including phenoxy) is 2. The summed E-state index contributed by atoms with van der Waals surface area (Å²) in [5.41, 5.74) is 3.93. The Morgan fingerprint density at radius 1 is 1.11 bits per heavy atom. The van der Waals surface area contributed by atoms with Crippen molar-refractivity contribution in [2.45, 2.75) is 68.2 Å². The molecule has 0 radical (unpaired) electrons. The molecule has 2 spiro atoms. The van der Waals surface area contributed by atoms with Crippen LogP contribution in [0, 0.1) is 11.3 Å². The molecule has 2 aromatic carbocycles. The van der Waals surface area contributed by atoms with Gasteiger partial charge >= 0.3 is 0 Å². The van der Waals surface area contributed by atoms with Crippen LogP contribution in [0.2, 0.25) is 0 Å². The fourth-order valence-electron chi connectivity index (χ4n) is 9.20. The number of likely N-dealkylation sites (N-methyl/N-ethyl adjacent to an activating group) is 1. The molecular weight excluding hydrogens is 460 g/mol. The molecule has 4 bridgehead atoms. The van der Waals surface area contributed by atoms with Crippen LogP contribution < -0.4 is 4.74 Å². The summed E-state index contributed by atoms with van der Waals surface area (Å²) in [5, 5.41) is 0. The largest absolute Gasteiger partial charge is 0.486 e. The van der Waals surface area contributed by atoms with Crippen LogP contribution in [-0.2, 0) is 27.9 Å². The van der Waals surface area contributed by atoms with Crippen LogP contribution in [0.1, 0.15) is 48.8 Å². The van der Waals surface area contributed by atoms with Crippen molar-refractivity contribution in [2.75, 3.05) is 27.2 Å². The van der Waals surface area contributed by atoms with Crippen LogP contribution in [0.3, 0.4) is 0 Å². The van der Waals surface area contributed by atoms with Gasteiger partial charge in [0.2, 0.25) is 0 Å². The minimum absolute atomic E-state index is 0.0804. The Bertz CT molecular complexity index is 1320. The van der Waals surface area contributed by atoms with Gasteiger partial charge in [0.25, 0.3) is 5.91 Å². The maximum absolute atomic E-state index is 14.3. The van der Waals surface area contributed by atoms with E-state index >= 15 is 0 Å². The van der Waals surface area contributed by atoms with Gasteiger partial charge in [-0.25, -0.2) is 0 Å². The van der Waals surface area contributed by atoms with Crippen molar-refractivity contribution < 1.29 is 14.3 Å². The summed E-state index contributed by atoms with van der Waals surface area (Å²) in [6, 6.07) is 17.3. The average Bonchev–Trinajstić information content (AvgIpc) is 3.67. The normalized spacial score (nSPS) is 36.5. The molecule has 0 N–H and O–H groups in total. The van der Waals surface area contributed by atoms with Gasteiger partial charge in [0.05, 0.1) is 5.41 Å². The number of piperidine rings is 1. The molecule has 192 valence electrons. The van der Waals surface area contributed by atoms with E-state index in [0.29, 0.717) is 12.6 Å². The second kappa shape index (κ2) is 7.48. The number of methoxy groups -OCH3 is 1. The van der Waals surface area contributed by atoms with Crippen molar-refractivity contribution in [3.63, 3.8) is 0 Å². The van der Waals surface area contributed by atoms with Gasteiger partial charge in [0.1, 0.15) is 17.5 Å². The number of hydrogen-bond acceptors (Lipinski definition) is 4. The number of carbonyl (C=O) groups is 1. The Kier molecular flexibility index (Phi) is 4.52. The van der Waals surface area contributed by atoms with E-state index in [1.54, 1.807) is 7.11 Å². The van der Waals surface area contributed by atoms with Crippen molar-refractivity contribution in [3.8, 4) is 5.75 Å². The molecule has 9 rings (SSSR count). The molecule has 37 heavy (non-hydrogen) atoms. The molecule has 1 amide bonds. The molecule has 1 saturated heterocycles. The van der Waals surface area contributed by atoms with E-state index in [0.717, 1.165) is 55.0 Å². The van der Waals surface area contributed by atoms with E-state index in [4.69, 9.17) is 9.47 Å². The number of benzene rings is 2. The molecule has 5 atom stereocenters. The van der Waals surface area contributed by atoms with Gasteiger partial charge in [-0.15, -0.1) is 0 Å². The highest BCUT2D eigenvalue weighted by atomic mass is 16.6. The summed E-state index contributed by atoms with van der Waals surface area (Å²) in [6.45, 7) is 2.90. The molecule has 5 aliphatic carbocycles. The number of rotatable bonds is 6. The van der Waals surface area contributed by atoms with Crippen LogP contribution in [-0.4, -0.2) is 60.7 Å². The quantitative estimate of drug-likeness (QED) is 0.591. The van der Waals surface area contributed by atoms with Crippen molar-refractivity contribution in [1.29, 1.82) is 0 Å². The molecule has 5 heteroatoms. The van der Waals surface area contributed by atoms with E-state index in [1.165, 1.54) is 30.5 Å². The number of fused-ring (bicyclic) bond motifs is 1. The standard InChI is InChI=1S/C32H36N2O3/c1-33(19-21-7-4-3-5-8-21)28(35)24-18-30-13-14-32(24,36-2)29-31(30)15-16-34(20-22-11-12-22)26(30)17-23-9-6-10-25(37-29)27(23)31/h3-10,18,22,26,29H,11-17,19-20H2,1-2H3/t26-,29-,30-,31+,32-/m1/s1. The maximum atomic E-state index is 14.3. The van der Waals surface area contributed by atoms with Gasteiger partial charge in [0.15, 0.2) is 0 Å². The smallest absolute Gasteiger partial charge is 0.252 e. The lowest BCUT2D eigenvalue weighted by molar-refractivity contribution is -0.198. The number of likely N-dealkylation sites (tertiary alicyclic amines) is 1. The van der Waals surface area contributed by atoms with Crippen LogP contribution >= 0.6 is 0 Å². The predicted octanol–water partition coefficient (Wildman–Crippen LogP) is 4.49. The number of carbonyl (C=O) groups excluding carboxylic acids is 1. The van der Waals surface area contributed by atoms with Crippen molar-refractivity contribution in [2.24, 2.45) is 11.3 Å². The summed E-state index contributed by atoms with van der Waals surface area (Å²) in [7, 11) is 3.72. The Morgan fingerprint density at radius 3 is 2.73 bits per heavy atom. The zero-order valence-corrected chi connectivity index (χ0v) is 21.9. The molecule has 0 unspecified atom stereocenters. The first-order valence-corrected chi connectivity index (χ1v) is 14.1. The zero-order valence-electron chi connectivity index (χ0n) is 21.9. The molecule has 2 heterocycles. The van der Waals surface area contributed by atoms with Crippen LogP contribution in [0.4, 0.5) is 0 Å². The molecule has 2 saturated carbocycles. The van der Waals surface area contributed by atoms with Crippen LogP contribution in [0.25, 0.3) is 0 Å². The lowest BCUT2D eigenvalue weighted by atomic mass is 9.37. The lowest BCUT2D eigenvalue weighted by Crippen LogP contribution is -2.78. The van der Waals surface area contributed by atoms with Gasteiger partial charge in [-0.2, -0.15) is 0 Å². The first-order valence-electron chi connectivity index (χ1n) is 14.1. The highest BCUT2D eigenvalue weighted by Gasteiger charge is 2.79. The summed E-state index contributed by atoms with van der Waals surface area (Å²) in [4.78, 5) is 19.0. The Morgan fingerprint density at radius 2 is 1.95 bits per heavy atom. The van der Waals surface area contributed by atoms with Gasteiger partial charge in [-0.05, 0) is 68.2 Å². The summed E-state index contributed by atoms with van der Waals surface area (Å²) >= 11 is 0. The minimum Gasteiger partial charge on any atom is -0.486 e. The highest BCUT2D eigenvalue weighted by molar-refractivity contribution is 5.97. The first-order chi connectivity index (χ1) is 18.0. The lowest BCUT2D eigenvalue weighted by Gasteiger charge is -2.70. The number of hydrogen-bond donors (Lipinski definition) is 0. The Labute approximate surface area is 219 Å². The molecular formula is C32H36N2O3. The third kappa shape index (κ3) is 2.70. The van der Waals surface area contributed by atoms with Crippen LogP contribution in [0.15, 0.2) is 60.2 Å². The zero-order chi connectivity index (χ0) is 25.0. The van der Waals surface area contributed by atoms with E-state index in [1.807, 2.05) is 30.1 Å². The fraction of sp³-hybridized carbons (Fsp3) is 0.531. The monoisotopic (exact) mass is 496 g/mol. The maximum Gasteiger partial charge on any atom is 0.252 e. The Hall–Kier alpha value is -2.63. The first kappa shape index (κ1) is 22.4. The van der Waals surface area contributed by atoms with E-state index in [2.05, 4.69) is 41.3 Å². The molecule has 7 aliphatic rings. The van der Waals surface area contributed by atoms with E-state index < -0.39 is 5.60 Å². The molecule has 2 aliphatic heterocycles. The molecule has 2 aromatic rings. The summed E-state index contributed by atoms with van der Waals surface area (Å²) in [6.07, 6.45) is 9.02.